The summed E-state index contributed by atoms with van der Waals surface area (Å²) in [5, 5.41) is 48.8. The first-order valence-corrected chi connectivity index (χ1v) is 20.8. The summed E-state index contributed by atoms with van der Waals surface area (Å²) in [5.41, 5.74) is -1.05. The number of phenolic OH excluding ortho intramolecular Hbond substituents is 1. The molecule has 0 unspecified atom stereocenters. The number of aromatic hydroxyl groups is 1. The monoisotopic (exact) mass is 860 g/mol. The predicted molar refractivity (Wildman–Crippen MR) is 232 cm³/mol. The number of carbonyl (C=O) groups is 7. The van der Waals surface area contributed by atoms with Gasteiger partial charge in [0.2, 0.25) is 17.5 Å². The summed E-state index contributed by atoms with van der Waals surface area (Å²) in [5.74, 6) is -7.66. The fourth-order valence-corrected chi connectivity index (χ4v) is 7.56. The molecule has 4 bridgehead atoms. The first-order valence-electron chi connectivity index (χ1n) is 19.8. The lowest BCUT2D eigenvalue weighted by Crippen LogP contribution is -2.42. The van der Waals surface area contributed by atoms with Gasteiger partial charge in [0.05, 0.1) is 35.9 Å². The van der Waals surface area contributed by atoms with Crippen LogP contribution in [0.1, 0.15) is 97.9 Å². The fraction of sp³-hybridized carbons (Fsp3) is 0.413. The molecule has 0 saturated carbocycles. The van der Waals surface area contributed by atoms with E-state index in [0.717, 1.165) is 7.11 Å². The molecule has 6 N–H and O–H groups in total. The molecule has 7 atom stereocenters. The molecule has 0 saturated heterocycles. The highest BCUT2D eigenvalue weighted by molar-refractivity contribution is 8.04. The van der Waals surface area contributed by atoms with Crippen molar-refractivity contribution in [2.75, 3.05) is 12.9 Å². The molecule has 1 aromatic rings. The minimum Gasteiger partial charge on any atom is -0.507 e. The molecule has 0 aromatic heterocycles. The van der Waals surface area contributed by atoms with Crippen LogP contribution in [0.5, 0.6) is 5.75 Å². The number of fused-ring (bicyclic) bond motifs is 18. The molecular weight excluding hydrogens is 805 g/mol. The Hall–Kier alpha value is -5.48. The number of esters is 1. The van der Waals surface area contributed by atoms with Crippen LogP contribution < -0.4 is 10.6 Å². The summed E-state index contributed by atoms with van der Waals surface area (Å²) in [6.07, 6.45) is 10.9. The Labute approximate surface area is 360 Å². The number of nitrogens with one attached hydrogen (secondary N) is 2. The molecule has 3 aliphatic rings. The molecule has 328 valence electrons. The number of thioether (sulfide) groups is 1. The summed E-state index contributed by atoms with van der Waals surface area (Å²) in [4.78, 5) is 93.8. The first-order chi connectivity index (χ1) is 28.6. The number of amides is 2. The second-order valence-corrected chi connectivity index (χ2v) is 16.4. The number of benzene rings is 1. The number of carbonyl (C=O) groups excluding carboxylic acids is 7. The number of Topliss-reactive ketones (excluding diaryl/α,β-unsaturated/α-hetero) is 4. The van der Waals surface area contributed by atoms with Gasteiger partial charge < -0.3 is 35.8 Å². The standard InChI is InChI=1S/C46H56N2O12S/c1-23-13-11-10-12-14-26(4)45(58)48-38-42(56)32-20-29(7)41(55)37(36(32)43(57)44(38)61-22-33(46(59)60-9)47-30(8)49)40(54)28(6)19-27(5)39(53)25(3)16-18-31(50)17-15-24(2)35(52)21-34(23)51/h10-16,18-20,23,25,27,31,33-34,39,50-51,53,55H,17,21-22H2,1-9H3,(H,47,49)(H,48,58)/t23-,25-,27-,31-,33-,34-,39-/m0/s1. The lowest BCUT2D eigenvalue weighted by molar-refractivity contribution is -0.144. The zero-order valence-electron chi connectivity index (χ0n) is 35.9. The molecule has 0 fully saturated rings. The van der Waals surface area contributed by atoms with Gasteiger partial charge >= 0.3 is 5.97 Å². The maximum Gasteiger partial charge on any atom is 0.329 e. The van der Waals surface area contributed by atoms with Gasteiger partial charge in [-0.1, -0.05) is 75.5 Å². The molecule has 15 heteroatoms. The Morgan fingerprint density at radius 2 is 1.52 bits per heavy atom. The molecular formula is C46H56N2O12S. The summed E-state index contributed by atoms with van der Waals surface area (Å²) >= 11 is 0.657. The van der Waals surface area contributed by atoms with Crippen LogP contribution in [-0.2, 0) is 23.9 Å². The van der Waals surface area contributed by atoms with E-state index in [1.54, 1.807) is 58.1 Å². The van der Waals surface area contributed by atoms with Crippen LogP contribution in [-0.4, -0.2) is 98.6 Å². The maximum absolute atomic E-state index is 14.6. The number of methoxy groups -OCH3 is 1. The van der Waals surface area contributed by atoms with Crippen LogP contribution in [0.4, 0.5) is 0 Å². The second kappa shape index (κ2) is 22.4. The van der Waals surface area contributed by atoms with Gasteiger partial charge in [-0.3, -0.25) is 28.8 Å². The molecule has 14 nitrogen and oxygen atoms in total. The number of phenols is 1. The molecule has 61 heavy (non-hydrogen) atoms. The van der Waals surface area contributed by atoms with Crippen LogP contribution in [0.2, 0.25) is 0 Å². The number of aliphatic hydroxyl groups is 3. The normalized spacial score (nSPS) is 24.5. The van der Waals surface area contributed by atoms with Gasteiger partial charge in [0.1, 0.15) is 17.5 Å². The van der Waals surface area contributed by atoms with E-state index in [1.165, 1.54) is 58.1 Å². The summed E-state index contributed by atoms with van der Waals surface area (Å²) < 4.78 is 4.81. The van der Waals surface area contributed by atoms with E-state index in [-0.39, 0.29) is 51.6 Å². The molecule has 4 rings (SSSR count). The van der Waals surface area contributed by atoms with E-state index in [0.29, 0.717) is 17.3 Å². The lowest BCUT2D eigenvalue weighted by Gasteiger charge is -2.25. The highest BCUT2D eigenvalue weighted by Gasteiger charge is 2.40. The number of hydrogen-bond donors (Lipinski definition) is 6. The summed E-state index contributed by atoms with van der Waals surface area (Å²) in [6.45, 7) is 12.2. The van der Waals surface area contributed by atoms with E-state index >= 15 is 0 Å². The average Bonchev–Trinajstić information content (AvgIpc) is 3.21. The van der Waals surface area contributed by atoms with E-state index in [2.05, 4.69) is 10.6 Å². The van der Waals surface area contributed by atoms with Gasteiger partial charge in [-0.2, -0.15) is 0 Å². The number of allylic oxidation sites excluding steroid dienone is 8. The minimum absolute atomic E-state index is 0.0252. The van der Waals surface area contributed by atoms with Crippen molar-refractivity contribution in [3.8, 4) is 5.75 Å². The lowest BCUT2D eigenvalue weighted by atomic mass is 9.83. The highest BCUT2D eigenvalue weighted by atomic mass is 32.2. The van der Waals surface area contributed by atoms with E-state index < -0.39 is 99.8 Å². The number of rotatable bonds is 5. The van der Waals surface area contributed by atoms with Crippen molar-refractivity contribution < 1.29 is 58.7 Å². The van der Waals surface area contributed by atoms with Crippen molar-refractivity contribution in [3.63, 3.8) is 0 Å². The van der Waals surface area contributed by atoms with E-state index in [4.69, 9.17) is 4.74 Å². The third-order valence-corrected chi connectivity index (χ3v) is 11.6. The molecule has 2 aliphatic heterocycles. The fourth-order valence-electron chi connectivity index (χ4n) is 6.49. The van der Waals surface area contributed by atoms with Gasteiger partial charge in [-0.15, -0.1) is 11.8 Å². The molecule has 2 amide bonds. The van der Waals surface area contributed by atoms with Crippen LogP contribution >= 0.6 is 11.8 Å². The van der Waals surface area contributed by atoms with Gasteiger partial charge in [-0.05, 0) is 56.9 Å². The van der Waals surface area contributed by atoms with Gasteiger partial charge in [0.15, 0.2) is 11.6 Å². The van der Waals surface area contributed by atoms with Crippen LogP contribution in [0.3, 0.4) is 0 Å². The molecule has 1 aromatic carbocycles. The smallest absolute Gasteiger partial charge is 0.329 e. The zero-order valence-corrected chi connectivity index (χ0v) is 36.7. The van der Waals surface area contributed by atoms with Crippen molar-refractivity contribution in [2.45, 2.75) is 92.6 Å². The van der Waals surface area contributed by atoms with Gasteiger partial charge in [-0.25, -0.2) is 4.79 Å². The zero-order chi connectivity index (χ0) is 45.9. The number of aryl methyl sites for hydroxylation is 1. The number of hydrogen-bond acceptors (Lipinski definition) is 13. The third-order valence-electron chi connectivity index (χ3n) is 10.4. The van der Waals surface area contributed by atoms with Crippen molar-refractivity contribution in [1.82, 2.24) is 10.6 Å². The Morgan fingerprint density at radius 3 is 2.16 bits per heavy atom. The predicted octanol–water partition coefficient (Wildman–Crippen LogP) is 4.86. The Morgan fingerprint density at radius 1 is 0.852 bits per heavy atom. The Kier molecular flexibility index (Phi) is 18.3. The van der Waals surface area contributed by atoms with Crippen LogP contribution in [0, 0.1) is 24.7 Å². The second-order valence-electron chi connectivity index (χ2n) is 15.4. The molecule has 0 radical (unpaired) electrons. The molecule has 0 spiro atoms. The quantitative estimate of drug-likeness (QED) is 0.172. The number of aliphatic hydroxyl groups excluding tert-OH is 3. The first kappa shape index (κ1) is 49.9. The van der Waals surface area contributed by atoms with Crippen molar-refractivity contribution >= 4 is 52.7 Å². The Balaban J connectivity index is 2.23. The average molecular weight is 861 g/mol. The number of ether oxygens (including phenoxy) is 1. The SMILES string of the molecule is COC(=O)[C@H](CSC1=C2NC(=O)C(C)=CC=CC=C[C@H](C)[C@@H](O)CC(=O)C(C)=CC[C@H](O)C=C[C@H](C)[C@H](O)[C@@H](C)C=C(C)C(=O)c3c(O)c(C)cc(c3C1=O)C2=O)NC(C)=O. The number of ketones is 4. The summed E-state index contributed by atoms with van der Waals surface area (Å²) in [7, 11) is 1.10. The van der Waals surface area contributed by atoms with Gasteiger partial charge in [0, 0.05) is 53.6 Å². The van der Waals surface area contributed by atoms with Crippen LogP contribution in [0.25, 0.3) is 0 Å². The molecule has 2 heterocycles. The largest absolute Gasteiger partial charge is 0.507 e. The topological polar surface area (TPSA) is 234 Å². The van der Waals surface area contributed by atoms with Crippen molar-refractivity contribution in [3.05, 3.63) is 110 Å². The summed E-state index contributed by atoms with van der Waals surface area (Å²) in [6, 6.07) is -0.0499. The minimum atomic E-state index is -1.29. The van der Waals surface area contributed by atoms with Crippen molar-refractivity contribution in [1.29, 1.82) is 0 Å². The molecule has 1 aliphatic carbocycles. The van der Waals surface area contributed by atoms with E-state index in [9.17, 15) is 54.0 Å². The maximum atomic E-state index is 14.6. The highest BCUT2D eigenvalue weighted by Crippen LogP contribution is 2.40. The van der Waals surface area contributed by atoms with E-state index in [1.807, 2.05) is 0 Å². The van der Waals surface area contributed by atoms with Crippen molar-refractivity contribution in [2.24, 2.45) is 17.8 Å². The van der Waals surface area contributed by atoms with Gasteiger partial charge in [0.25, 0.3) is 5.91 Å². The third kappa shape index (κ3) is 13.0. The Bertz CT molecular complexity index is 2160. The van der Waals surface area contributed by atoms with Crippen LogP contribution in [0.15, 0.2) is 88.1 Å².